The molecular formula is C23H41N5O8. The fourth-order valence-corrected chi connectivity index (χ4v) is 3.02. The zero-order chi connectivity index (χ0) is 26.3. The number of alkyl carbamates (subject to hydrolysis) is 1. The van der Waals surface area contributed by atoms with Crippen LogP contribution in [0.15, 0.2) is 12.2 Å². The summed E-state index contributed by atoms with van der Waals surface area (Å²) >= 11 is 0. The van der Waals surface area contributed by atoms with Gasteiger partial charge in [0.2, 0.25) is 17.7 Å². The van der Waals surface area contributed by atoms with Gasteiger partial charge in [0.1, 0.15) is 6.10 Å². The summed E-state index contributed by atoms with van der Waals surface area (Å²) in [7, 11) is 0. The van der Waals surface area contributed by atoms with Crippen LogP contribution >= 0.6 is 0 Å². The molecule has 206 valence electrons. The van der Waals surface area contributed by atoms with Gasteiger partial charge in [-0.25, -0.2) is 4.79 Å². The van der Waals surface area contributed by atoms with E-state index in [-0.39, 0.29) is 38.2 Å². The molecule has 1 atom stereocenters. The number of carbonyl (C=O) groups excluding carboxylic acids is 4. The van der Waals surface area contributed by atoms with Crippen LogP contribution in [-0.2, 0) is 33.3 Å². The van der Waals surface area contributed by atoms with Crippen molar-refractivity contribution in [3.8, 4) is 0 Å². The maximum Gasteiger partial charge on any atom is 0.407 e. The molecule has 36 heavy (non-hydrogen) atoms. The molecular weight excluding hydrogens is 474 g/mol. The van der Waals surface area contributed by atoms with Crippen molar-refractivity contribution in [1.82, 2.24) is 21.3 Å². The number of rotatable bonds is 18. The average Bonchev–Trinajstić information content (AvgIpc) is 2.85. The van der Waals surface area contributed by atoms with E-state index in [2.05, 4.69) is 33.4 Å². The van der Waals surface area contributed by atoms with Gasteiger partial charge in [-0.3, -0.25) is 14.4 Å². The van der Waals surface area contributed by atoms with Gasteiger partial charge in [0.25, 0.3) is 0 Å². The second kappa shape index (κ2) is 21.5. The number of hydrogen-bond donors (Lipinski definition) is 5. The molecule has 0 aliphatic heterocycles. The van der Waals surface area contributed by atoms with Crippen LogP contribution < -0.4 is 27.0 Å². The first-order chi connectivity index (χ1) is 17.5. The third-order valence-electron chi connectivity index (χ3n) is 4.90. The van der Waals surface area contributed by atoms with E-state index < -0.39 is 17.9 Å². The second-order valence-electron chi connectivity index (χ2n) is 7.88. The Morgan fingerprint density at radius 3 is 1.92 bits per heavy atom. The molecule has 0 aromatic rings. The number of carbonyl (C=O) groups is 4. The van der Waals surface area contributed by atoms with Gasteiger partial charge in [0.05, 0.1) is 59.3 Å². The smallest absolute Gasteiger partial charge is 0.407 e. The molecule has 1 aliphatic rings. The van der Waals surface area contributed by atoms with Crippen LogP contribution in [0, 0.1) is 0 Å². The Morgan fingerprint density at radius 2 is 1.25 bits per heavy atom. The summed E-state index contributed by atoms with van der Waals surface area (Å²) in [6.07, 6.45) is 8.62. The molecule has 0 heterocycles. The SMILES string of the molecule is NCC(=O)NCC(=O)NCC(=O)NCCOCCOCCOCCNC(=O)OC1CC/C=C/CCC1. The Kier molecular flexibility index (Phi) is 18.7. The van der Waals surface area contributed by atoms with E-state index in [9.17, 15) is 19.2 Å². The van der Waals surface area contributed by atoms with Crippen LogP contribution in [0.25, 0.3) is 0 Å². The molecule has 13 nitrogen and oxygen atoms in total. The maximum absolute atomic E-state index is 11.8. The molecule has 0 bridgehead atoms. The molecule has 0 radical (unpaired) electrons. The number of ether oxygens (including phenoxy) is 4. The first kappa shape index (κ1) is 31.3. The summed E-state index contributed by atoms with van der Waals surface area (Å²) in [6.45, 7) is 2.20. The molecule has 4 amide bonds. The van der Waals surface area contributed by atoms with Gasteiger partial charge in [-0.15, -0.1) is 0 Å². The lowest BCUT2D eigenvalue weighted by Crippen LogP contribution is -2.43. The van der Waals surface area contributed by atoms with Crippen LogP contribution in [0.5, 0.6) is 0 Å². The van der Waals surface area contributed by atoms with Crippen molar-refractivity contribution in [3.05, 3.63) is 12.2 Å². The minimum Gasteiger partial charge on any atom is -0.446 e. The van der Waals surface area contributed by atoms with Gasteiger partial charge in [0, 0.05) is 13.1 Å². The average molecular weight is 516 g/mol. The summed E-state index contributed by atoms with van der Waals surface area (Å²) in [4.78, 5) is 45.8. The van der Waals surface area contributed by atoms with Crippen LogP contribution in [0.4, 0.5) is 4.79 Å². The molecule has 0 saturated heterocycles. The minimum absolute atomic E-state index is 0.0288. The lowest BCUT2D eigenvalue weighted by Gasteiger charge is -2.18. The summed E-state index contributed by atoms with van der Waals surface area (Å²) in [5, 5.41) is 9.96. The largest absolute Gasteiger partial charge is 0.446 e. The van der Waals surface area contributed by atoms with Crippen molar-refractivity contribution in [3.63, 3.8) is 0 Å². The molecule has 6 N–H and O–H groups in total. The lowest BCUT2D eigenvalue weighted by atomic mass is 10.0. The fourth-order valence-electron chi connectivity index (χ4n) is 3.02. The number of nitrogens with one attached hydrogen (secondary N) is 4. The van der Waals surface area contributed by atoms with Gasteiger partial charge in [-0.1, -0.05) is 12.2 Å². The highest BCUT2D eigenvalue weighted by molar-refractivity contribution is 5.88. The van der Waals surface area contributed by atoms with E-state index in [1.54, 1.807) is 0 Å². The monoisotopic (exact) mass is 515 g/mol. The zero-order valence-electron chi connectivity index (χ0n) is 20.9. The molecule has 1 aliphatic carbocycles. The molecule has 0 spiro atoms. The quantitative estimate of drug-likeness (QED) is 0.113. The van der Waals surface area contributed by atoms with E-state index in [4.69, 9.17) is 24.7 Å². The first-order valence-electron chi connectivity index (χ1n) is 12.3. The van der Waals surface area contributed by atoms with Gasteiger partial charge in [-0.05, 0) is 32.1 Å². The van der Waals surface area contributed by atoms with Crippen molar-refractivity contribution in [2.75, 3.05) is 72.4 Å². The summed E-state index contributed by atoms with van der Waals surface area (Å²) in [5.74, 6) is -1.31. The molecule has 0 aromatic carbocycles. The summed E-state index contributed by atoms with van der Waals surface area (Å²) < 4.78 is 21.6. The van der Waals surface area contributed by atoms with Crippen LogP contribution in [0.2, 0.25) is 0 Å². The number of hydrogen-bond acceptors (Lipinski definition) is 9. The second-order valence-corrected chi connectivity index (χ2v) is 7.88. The summed E-state index contributed by atoms with van der Waals surface area (Å²) in [5.41, 5.74) is 5.10. The highest BCUT2D eigenvalue weighted by atomic mass is 16.6. The topological polar surface area (TPSA) is 179 Å². The molecule has 0 saturated carbocycles. The number of nitrogens with two attached hydrogens (primary N) is 1. The Morgan fingerprint density at radius 1 is 0.694 bits per heavy atom. The van der Waals surface area contributed by atoms with Crippen molar-refractivity contribution in [2.45, 2.75) is 38.2 Å². The van der Waals surface area contributed by atoms with Crippen LogP contribution in [-0.4, -0.2) is 102 Å². The van der Waals surface area contributed by atoms with Gasteiger partial charge >= 0.3 is 6.09 Å². The number of allylic oxidation sites excluding steroid dienone is 2. The van der Waals surface area contributed by atoms with Crippen molar-refractivity contribution >= 4 is 23.8 Å². The maximum atomic E-state index is 11.8. The lowest BCUT2D eigenvalue weighted by molar-refractivity contribution is -0.127. The van der Waals surface area contributed by atoms with E-state index in [1.807, 2.05) is 0 Å². The summed E-state index contributed by atoms with van der Waals surface area (Å²) in [6, 6.07) is 0. The molecule has 1 rings (SSSR count). The molecule has 13 heteroatoms. The molecule has 0 aromatic heterocycles. The van der Waals surface area contributed by atoms with E-state index >= 15 is 0 Å². The predicted molar refractivity (Wildman–Crippen MR) is 131 cm³/mol. The normalized spacial score (nSPS) is 16.2. The van der Waals surface area contributed by atoms with Crippen LogP contribution in [0.3, 0.4) is 0 Å². The van der Waals surface area contributed by atoms with E-state index in [1.165, 1.54) is 0 Å². The zero-order valence-corrected chi connectivity index (χ0v) is 20.9. The predicted octanol–water partition coefficient (Wildman–Crippen LogP) is -1.04. The van der Waals surface area contributed by atoms with E-state index in [0.29, 0.717) is 46.2 Å². The molecule has 0 fully saturated rings. The Hall–Kier alpha value is -2.74. The highest BCUT2D eigenvalue weighted by Gasteiger charge is 2.14. The Bertz CT molecular complexity index is 677. The van der Waals surface area contributed by atoms with Crippen molar-refractivity contribution in [1.29, 1.82) is 0 Å². The van der Waals surface area contributed by atoms with Crippen molar-refractivity contribution < 1.29 is 38.1 Å². The van der Waals surface area contributed by atoms with Gasteiger partial charge in [0.15, 0.2) is 0 Å². The van der Waals surface area contributed by atoms with E-state index in [0.717, 1.165) is 32.1 Å². The number of amides is 4. The van der Waals surface area contributed by atoms with Gasteiger partial charge < -0.3 is 45.9 Å². The minimum atomic E-state index is -0.485. The van der Waals surface area contributed by atoms with Crippen LogP contribution in [0.1, 0.15) is 32.1 Å². The standard InChI is InChI=1S/C23H41N5O8/c24-16-20(29)27-18-22(31)28-17-21(30)25-8-10-33-12-14-35-15-13-34-11-9-26-23(32)36-19-6-4-2-1-3-5-7-19/h1-2,19H,3-18,24H2,(H,25,30)(H,26,32)(H,27,29)(H,28,31)/b2-1+. The Labute approximate surface area is 212 Å². The first-order valence-corrected chi connectivity index (χ1v) is 12.3. The third-order valence-corrected chi connectivity index (χ3v) is 4.90. The molecule has 1 unspecified atom stereocenters. The fraction of sp³-hybridized carbons (Fsp3) is 0.739. The van der Waals surface area contributed by atoms with Gasteiger partial charge in [-0.2, -0.15) is 0 Å². The highest BCUT2D eigenvalue weighted by Crippen LogP contribution is 2.15. The van der Waals surface area contributed by atoms with Crippen molar-refractivity contribution in [2.24, 2.45) is 5.73 Å². The Balaban J connectivity index is 1.83. The third kappa shape index (κ3) is 18.6.